The molecular weight excluding hydrogens is 240 g/mol. The zero-order chi connectivity index (χ0) is 14.5. The molecule has 0 aromatic rings. The van der Waals surface area contributed by atoms with Crippen molar-refractivity contribution in [1.29, 1.82) is 0 Å². The molecule has 1 N–H and O–H groups in total. The molecule has 112 valence electrons. The highest BCUT2D eigenvalue weighted by molar-refractivity contribution is 5.80. The van der Waals surface area contributed by atoms with Crippen LogP contribution in [0.4, 0.5) is 0 Å². The van der Waals surface area contributed by atoms with Gasteiger partial charge in [-0.2, -0.15) is 0 Å². The van der Waals surface area contributed by atoms with Crippen LogP contribution in [-0.2, 0) is 9.53 Å². The van der Waals surface area contributed by atoms with Gasteiger partial charge < -0.3 is 15.0 Å². The Bertz CT molecular complexity index is 303. The lowest BCUT2D eigenvalue weighted by atomic mass is 9.83. The molecule has 4 nitrogen and oxygen atoms in total. The molecule has 0 aromatic carbocycles. The molecule has 1 atom stereocenters. The predicted molar refractivity (Wildman–Crippen MR) is 78.2 cm³/mol. The molecule has 0 bridgehead atoms. The van der Waals surface area contributed by atoms with Crippen molar-refractivity contribution in [2.75, 3.05) is 34.3 Å². The number of likely N-dealkylation sites (N-methyl/N-ethyl adjacent to an activating group) is 1. The van der Waals surface area contributed by atoms with Gasteiger partial charge in [-0.25, -0.2) is 0 Å². The van der Waals surface area contributed by atoms with E-state index in [1.54, 1.807) is 0 Å². The molecule has 0 heterocycles. The summed E-state index contributed by atoms with van der Waals surface area (Å²) in [6, 6.07) is 0. The lowest BCUT2D eigenvalue weighted by molar-refractivity contribution is -0.149. The Hall–Kier alpha value is -0.610. The minimum atomic E-state index is -0.474. The van der Waals surface area contributed by atoms with Gasteiger partial charge in [-0.1, -0.05) is 20.3 Å². The second-order valence-corrected chi connectivity index (χ2v) is 6.82. The third-order valence-electron chi connectivity index (χ3n) is 4.28. The van der Waals surface area contributed by atoms with Crippen molar-refractivity contribution >= 4 is 5.97 Å². The Morgan fingerprint density at radius 1 is 1.21 bits per heavy atom. The molecule has 0 amide bonds. The smallest absolute Gasteiger partial charge is 0.326 e. The molecule has 0 spiro atoms. The van der Waals surface area contributed by atoms with Crippen LogP contribution >= 0.6 is 0 Å². The first kappa shape index (κ1) is 16.4. The van der Waals surface area contributed by atoms with E-state index in [2.05, 4.69) is 24.1 Å². The molecule has 1 rings (SSSR count). The van der Waals surface area contributed by atoms with Crippen LogP contribution in [0.1, 0.15) is 46.0 Å². The number of nitrogens with zero attached hydrogens (tertiary/aromatic N) is 1. The fourth-order valence-electron chi connectivity index (χ4n) is 2.84. The van der Waals surface area contributed by atoms with Crippen LogP contribution in [-0.4, -0.2) is 50.7 Å². The number of hydrogen-bond donors (Lipinski definition) is 1. The van der Waals surface area contributed by atoms with Gasteiger partial charge in [-0.05, 0) is 45.2 Å². The van der Waals surface area contributed by atoms with E-state index in [0.717, 1.165) is 38.8 Å². The Morgan fingerprint density at radius 3 is 2.47 bits per heavy atom. The van der Waals surface area contributed by atoms with Crippen LogP contribution in [0.15, 0.2) is 0 Å². The number of methoxy groups -OCH3 is 1. The molecule has 1 saturated carbocycles. The lowest BCUT2D eigenvalue weighted by Crippen LogP contribution is -2.54. The van der Waals surface area contributed by atoms with E-state index >= 15 is 0 Å². The topological polar surface area (TPSA) is 41.6 Å². The first-order valence-electron chi connectivity index (χ1n) is 7.29. The summed E-state index contributed by atoms with van der Waals surface area (Å²) in [5.74, 6) is -0.0936. The fourth-order valence-corrected chi connectivity index (χ4v) is 2.84. The lowest BCUT2D eigenvalue weighted by Gasteiger charge is -2.32. The van der Waals surface area contributed by atoms with E-state index in [-0.39, 0.29) is 5.97 Å². The summed E-state index contributed by atoms with van der Waals surface area (Å²) in [6.45, 7) is 6.34. The van der Waals surface area contributed by atoms with Gasteiger partial charge in [0.05, 0.1) is 7.11 Å². The molecular formula is C15H30N2O2. The van der Waals surface area contributed by atoms with Crippen molar-refractivity contribution in [1.82, 2.24) is 10.2 Å². The molecule has 0 radical (unpaired) electrons. The quantitative estimate of drug-likeness (QED) is 0.613. The molecule has 19 heavy (non-hydrogen) atoms. The first-order valence-corrected chi connectivity index (χ1v) is 7.29. The van der Waals surface area contributed by atoms with Crippen molar-refractivity contribution < 1.29 is 9.53 Å². The van der Waals surface area contributed by atoms with Crippen molar-refractivity contribution in [3.63, 3.8) is 0 Å². The van der Waals surface area contributed by atoms with Gasteiger partial charge in [0.15, 0.2) is 0 Å². The van der Waals surface area contributed by atoms with Crippen molar-refractivity contribution in [2.24, 2.45) is 5.41 Å². The molecule has 1 unspecified atom stereocenters. The monoisotopic (exact) mass is 270 g/mol. The second kappa shape index (κ2) is 6.71. The Balaban J connectivity index is 2.73. The summed E-state index contributed by atoms with van der Waals surface area (Å²) in [7, 11) is 5.58. The maximum absolute atomic E-state index is 12.2. The summed E-state index contributed by atoms with van der Waals surface area (Å²) in [5.41, 5.74) is -0.141. The standard InChI is InChI=1S/C15H30N2O2/c1-14(2)7-6-8-15(10-9-14,13(18)19-5)16-11-12-17(3)4/h16H,6-12H2,1-5H3. The number of nitrogens with one attached hydrogen (secondary N) is 1. The molecule has 0 saturated heterocycles. The molecule has 0 aliphatic heterocycles. The molecule has 4 heteroatoms. The summed E-state index contributed by atoms with van der Waals surface area (Å²) < 4.78 is 5.06. The van der Waals surface area contributed by atoms with Gasteiger partial charge in [0.1, 0.15) is 5.54 Å². The molecule has 0 aromatic heterocycles. The van der Waals surface area contributed by atoms with E-state index in [0.29, 0.717) is 5.41 Å². The van der Waals surface area contributed by atoms with Crippen LogP contribution in [0, 0.1) is 5.41 Å². The van der Waals surface area contributed by atoms with Gasteiger partial charge in [-0.15, -0.1) is 0 Å². The first-order chi connectivity index (χ1) is 8.81. The van der Waals surface area contributed by atoms with Crippen LogP contribution in [0.3, 0.4) is 0 Å². The van der Waals surface area contributed by atoms with Crippen molar-refractivity contribution in [2.45, 2.75) is 51.5 Å². The molecule has 1 aliphatic carbocycles. The van der Waals surface area contributed by atoms with E-state index in [1.165, 1.54) is 13.5 Å². The maximum Gasteiger partial charge on any atom is 0.326 e. The third-order valence-corrected chi connectivity index (χ3v) is 4.28. The number of ether oxygens (including phenoxy) is 1. The minimum absolute atomic E-state index is 0.0936. The van der Waals surface area contributed by atoms with Gasteiger partial charge in [0.25, 0.3) is 0 Å². The van der Waals surface area contributed by atoms with Crippen molar-refractivity contribution in [3.05, 3.63) is 0 Å². The normalized spacial score (nSPS) is 27.1. The number of hydrogen-bond acceptors (Lipinski definition) is 4. The van der Waals surface area contributed by atoms with Gasteiger partial charge >= 0.3 is 5.97 Å². The minimum Gasteiger partial charge on any atom is -0.468 e. The summed E-state index contributed by atoms with van der Waals surface area (Å²) in [6.07, 6.45) is 5.09. The highest BCUT2D eigenvalue weighted by Crippen LogP contribution is 2.38. The van der Waals surface area contributed by atoms with E-state index in [9.17, 15) is 4.79 Å². The second-order valence-electron chi connectivity index (χ2n) is 6.82. The van der Waals surface area contributed by atoms with Gasteiger partial charge in [0, 0.05) is 13.1 Å². The zero-order valence-corrected chi connectivity index (χ0v) is 13.2. The number of esters is 1. The largest absolute Gasteiger partial charge is 0.468 e. The van der Waals surface area contributed by atoms with Gasteiger partial charge in [-0.3, -0.25) is 4.79 Å². The third kappa shape index (κ3) is 4.77. The summed E-state index contributed by atoms with van der Waals surface area (Å²) in [4.78, 5) is 14.4. The number of rotatable bonds is 5. The average molecular weight is 270 g/mol. The fraction of sp³-hybridized carbons (Fsp3) is 0.933. The Morgan fingerprint density at radius 2 is 1.89 bits per heavy atom. The van der Waals surface area contributed by atoms with Crippen LogP contribution in [0.25, 0.3) is 0 Å². The van der Waals surface area contributed by atoms with Crippen LogP contribution in [0.2, 0.25) is 0 Å². The Labute approximate surface area is 117 Å². The van der Waals surface area contributed by atoms with Crippen LogP contribution in [0.5, 0.6) is 0 Å². The van der Waals surface area contributed by atoms with Crippen molar-refractivity contribution in [3.8, 4) is 0 Å². The van der Waals surface area contributed by atoms with E-state index < -0.39 is 5.54 Å². The molecule has 1 aliphatic rings. The van der Waals surface area contributed by atoms with Gasteiger partial charge in [0.2, 0.25) is 0 Å². The number of carbonyl (C=O) groups excluding carboxylic acids is 1. The summed E-state index contributed by atoms with van der Waals surface area (Å²) >= 11 is 0. The molecule has 1 fully saturated rings. The zero-order valence-electron chi connectivity index (χ0n) is 13.2. The van der Waals surface area contributed by atoms with E-state index in [4.69, 9.17) is 4.74 Å². The Kier molecular flexibility index (Phi) is 5.81. The van der Waals surface area contributed by atoms with Crippen LogP contribution < -0.4 is 5.32 Å². The highest BCUT2D eigenvalue weighted by atomic mass is 16.5. The summed E-state index contributed by atoms with van der Waals surface area (Å²) in [5, 5.41) is 3.48. The maximum atomic E-state index is 12.2. The predicted octanol–water partition coefficient (Wildman–Crippen LogP) is 2.04. The average Bonchev–Trinajstić information content (AvgIpc) is 2.48. The highest BCUT2D eigenvalue weighted by Gasteiger charge is 2.42. The van der Waals surface area contributed by atoms with E-state index in [1.807, 2.05) is 14.1 Å². The number of carbonyl (C=O) groups is 1. The SMILES string of the molecule is COC(=O)C1(NCCN(C)C)CCCC(C)(C)CC1.